The Hall–Kier alpha value is -0.860. The number of hydrogen-bond acceptors (Lipinski definition) is 6. The lowest BCUT2D eigenvalue weighted by molar-refractivity contribution is 0.103. The van der Waals surface area contributed by atoms with Crippen LogP contribution in [-0.2, 0) is 0 Å². The first-order valence-corrected chi connectivity index (χ1v) is 5.86. The van der Waals surface area contributed by atoms with Crippen LogP contribution in [0.15, 0.2) is 15.9 Å². The van der Waals surface area contributed by atoms with E-state index in [2.05, 4.69) is 36.0 Å². The van der Waals surface area contributed by atoms with E-state index in [1.807, 2.05) is 6.07 Å². The first-order valence-electron chi connectivity index (χ1n) is 3.47. The quantitative estimate of drug-likeness (QED) is 0.919. The molecule has 0 unspecified atom stereocenters. The fourth-order valence-corrected chi connectivity index (χ4v) is 2.42. The molecule has 0 fully saturated rings. The number of rotatable bonds is 2. The number of thiophene rings is 1. The van der Waals surface area contributed by atoms with Gasteiger partial charge in [-0.25, -0.2) is 0 Å². The van der Waals surface area contributed by atoms with Gasteiger partial charge >= 0.3 is 0 Å². The molecule has 72 valence electrons. The molecule has 0 saturated carbocycles. The van der Waals surface area contributed by atoms with Gasteiger partial charge in [-0.1, -0.05) is 9.59 Å². The molecule has 1 amide bonds. The maximum absolute atomic E-state index is 11.5. The minimum atomic E-state index is -0.195. The predicted molar refractivity (Wildman–Crippen MR) is 57.7 cm³/mol. The van der Waals surface area contributed by atoms with Crippen molar-refractivity contribution in [3.05, 3.63) is 20.8 Å². The smallest absolute Gasteiger partial charge is 0.267 e. The molecule has 0 aliphatic heterocycles. The highest BCUT2D eigenvalue weighted by Gasteiger charge is 2.10. The van der Waals surface area contributed by atoms with Crippen LogP contribution in [0, 0.1) is 0 Å². The van der Waals surface area contributed by atoms with E-state index in [1.165, 1.54) is 11.3 Å². The van der Waals surface area contributed by atoms with Crippen LogP contribution in [0.5, 0.6) is 0 Å². The molecule has 0 bridgehead atoms. The molecule has 2 rings (SSSR count). The van der Waals surface area contributed by atoms with Crippen molar-refractivity contribution in [3.63, 3.8) is 0 Å². The van der Waals surface area contributed by atoms with Crippen LogP contribution in [0.4, 0.5) is 5.13 Å². The summed E-state index contributed by atoms with van der Waals surface area (Å²) < 4.78 is 4.45. The van der Waals surface area contributed by atoms with Gasteiger partial charge in [0.1, 0.15) is 0 Å². The topological polar surface area (TPSA) is 67.8 Å². The van der Waals surface area contributed by atoms with Gasteiger partial charge in [0.15, 0.2) is 0 Å². The summed E-state index contributed by atoms with van der Waals surface area (Å²) in [5, 5.41) is 9.97. The number of aromatic nitrogens is 3. The number of halogens is 1. The van der Waals surface area contributed by atoms with E-state index < -0.39 is 0 Å². The SMILES string of the molecule is O=C(Nc1nnns1)c1ccc(Br)s1. The van der Waals surface area contributed by atoms with Crippen molar-refractivity contribution in [1.29, 1.82) is 0 Å². The Bertz CT molecular complexity index is 440. The largest absolute Gasteiger partial charge is 0.294 e. The van der Waals surface area contributed by atoms with Crippen LogP contribution < -0.4 is 5.32 Å². The van der Waals surface area contributed by atoms with Gasteiger partial charge in [0, 0.05) is 11.5 Å². The van der Waals surface area contributed by atoms with E-state index in [0.29, 0.717) is 10.0 Å². The zero-order valence-electron chi connectivity index (χ0n) is 6.60. The molecule has 1 N–H and O–H groups in total. The second-order valence-corrected chi connectivity index (χ2v) is 5.42. The van der Waals surface area contributed by atoms with E-state index in [1.54, 1.807) is 6.07 Å². The number of amides is 1. The first-order chi connectivity index (χ1) is 6.75. The van der Waals surface area contributed by atoms with Gasteiger partial charge in [0.2, 0.25) is 5.13 Å². The Morgan fingerprint density at radius 3 is 2.93 bits per heavy atom. The Labute approximate surface area is 95.5 Å². The van der Waals surface area contributed by atoms with Crippen molar-refractivity contribution in [3.8, 4) is 0 Å². The number of nitrogens with zero attached hydrogens (tertiary/aromatic N) is 3. The molecule has 0 atom stereocenters. The summed E-state index contributed by atoms with van der Waals surface area (Å²) in [4.78, 5) is 12.1. The molecule has 0 aromatic carbocycles. The highest BCUT2D eigenvalue weighted by molar-refractivity contribution is 9.11. The van der Waals surface area contributed by atoms with Gasteiger partial charge in [-0.15, -0.1) is 11.3 Å². The summed E-state index contributed by atoms with van der Waals surface area (Å²) >= 11 is 5.68. The van der Waals surface area contributed by atoms with Crippen LogP contribution in [0.2, 0.25) is 0 Å². The zero-order chi connectivity index (χ0) is 9.97. The molecule has 2 aromatic heterocycles. The molecular weight excluding hydrogens is 288 g/mol. The average Bonchev–Trinajstić information content (AvgIpc) is 2.75. The number of nitrogens with one attached hydrogen (secondary N) is 1. The van der Waals surface area contributed by atoms with Crippen LogP contribution in [0.3, 0.4) is 0 Å². The molecule has 5 nitrogen and oxygen atoms in total. The summed E-state index contributed by atoms with van der Waals surface area (Å²) in [6.07, 6.45) is 0. The number of carbonyl (C=O) groups excluding carboxylic acids is 1. The molecule has 0 saturated heterocycles. The van der Waals surface area contributed by atoms with E-state index >= 15 is 0 Å². The predicted octanol–water partition coefficient (Wildman–Crippen LogP) is 2.01. The Morgan fingerprint density at radius 1 is 1.50 bits per heavy atom. The molecule has 0 spiro atoms. The van der Waals surface area contributed by atoms with E-state index in [-0.39, 0.29) is 5.91 Å². The lowest BCUT2D eigenvalue weighted by Gasteiger charge is -1.94. The highest BCUT2D eigenvalue weighted by Crippen LogP contribution is 2.22. The summed E-state index contributed by atoms with van der Waals surface area (Å²) in [7, 11) is 0. The molecule has 0 aliphatic rings. The Kier molecular flexibility index (Phi) is 2.85. The lowest BCUT2D eigenvalue weighted by atomic mass is 10.4. The number of hydrogen-bond donors (Lipinski definition) is 1. The van der Waals surface area contributed by atoms with Crippen LogP contribution in [-0.4, -0.2) is 20.7 Å². The van der Waals surface area contributed by atoms with Crippen molar-refractivity contribution in [2.24, 2.45) is 0 Å². The van der Waals surface area contributed by atoms with Gasteiger partial charge in [-0.2, -0.15) is 0 Å². The molecule has 14 heavy (non-hydrogen) atoms. The minimum Gasteiger partial charge on any atom is -0.294 e. The lowest BCUT2D eigenvalue weighted by Crippen LogP contribution is -2.09. The van der Waals surface area contributed by atoms with E-state index in [0.717, 1.165) is 15.3 Å². The Morgan fingerprint density at radius 2 is 2.36 bits per heavy atom. The van der Waals surface area contributed by atoms with Crippen LogP contribution in [0.25, 0.3) is 0 Å². The monoisotopic (exact) mass is 290 g/mol. The van der Waals surface area contributed by atoms with Crippen LogP contribution >= 0.6 is 38.8 Å². The van der Waals surface area contributed by atoms with E-state index in [9.17, 15) is 4.79 Å². The molecule has 0 aliphatic carbocycles. The van der Waals surface area contributed by atoms with Gasteiger partial charge in [0.05, 0.1) is 8.66 Å². The fourth-order valence-electron chi connectivity index (χ4n) is 0.777. The van der Waals surface area contributed by atoms with Crippen LogP contribution in [0.1, 0.15) is 9.67 Å². The summed E-state index contributed by atoms with van der Waals surface area (Å²) in [6.45, 7) is 0. The number of carbonyl (C=O) groups is 1. The molecule has 2 heterocycles. The minimum absolute atomic E-state index is 0.195. The molecule has 2 aromatic rings. The third-order valence-corrected chi connectivity index (χ3v) is 3.45. The third-order valence-electron chi connectivity index (χ3n) is 1.32. The Balaban J connectivity index is 2.10. The summed E-state index contributed by atoms with van der Waals surface area (Å²) in [5.41, 5.74) is 0. The van der Waals surface area contributed by atoms with Gasteiger partial charge < -0.3 is 0 Å². The van der Waals surface area contributed by atoms with E-state index in [4.69, 9.17) is 0 Å². The maximum Gasteiger partial charge on any atom is 0.267 e. The highest BCUT2D eigenvalue weighted by atomic mass is 79.9. The second-order valence-electron chi connectivity index (χ2n) is 2.23. The maximum atomic E-state index is 11.5. The summed E-state index contributed by atoms with van der Waals surface area (Å²) in [6, 6.07) is 3.55. The van der Waals surface area contributed by atoms with Gasteiger partial charge in [-0.3, -0.25) is 10.1 Å². The molecular formula is C6H3BrN4OS2. The molecule has 0 radical (unpaired) electrons. The standard InChI is InChI=1S/C6H3BrN4OS2/c7-4-2-1-3(13-4)5(12)8-6-9-10-11-14-6/h1-2H,(H,8,9,11,12). The van der Waals surface area contributed by atoms with Crippen molar-refractivity contribution < 1.29 is 4.79 Å². The van der Waals surface area contributed by atoms with Crippen molar-refractivity contribution >= 4 is 49.8 Å². The fraction of sp³-hybridized carbons (Fsp3) is 0. The van der Waals surface area contributed by atoms with Crippen molar-refractivity contribution in [2.75, 3.05) is 5.32 Å². The van der Waals surface area contributed by atoms with Gasteiger partial charge in [-0.05, 0) is 33.3 Å². The second kappa shape index (κ2) is 4.11. The molecule has 8 heteroatoms. The van der Waals surface area contributed by atoms with Crippen molar-refractivity contribution in [2.45, 2.75) is 0 Å². The van der Waals surface area contributed by atoms with Crippen molar-refractivity contribution in [1.82, 2.24) is 14.8 Å². The number of anilines is 1. The normalized spacial score (nSPS) is 10.1. The average molecular weight is 291 g/mol. The zero-order valence-corrected chi connectivity index (χ0v) is 9.82. The summed E-state index contributed by atoms with van der Waals surface area (Å²) in [5.74, 6) is -0.195. The van der Waals surface area contributed by atoms with Gasteiger partial charge in [0.25, 0.3) is 5.91 Å². The third kappa shape index (κ3) is 2.14. The first kappa shape index (κ1) is 9.69.